The molecule has 1 fully saturated rings. The van der Waals surface area contributed by atoms with E-state index in [4.69, 9.17) is 14.5 Å². The Balaban J connectivity index is 1.45. The first-order valence-electron chi connectivity index (χ1n) is 11.6. The van der Waals surface area contributed by atoms with E-state index >= 15 is 0 Å². The Morgan fingerprint density at radius 3 is 2.29 bits per heavy atom. The standard InChI is InChI=1S/C19H24N5O15P3/c25-15-14(10-36-41(32,33)39-42(34,35)38-40(29,30)31)37-17(16(15)26)13-9-23(19(28)20-18(13)27)7-12-8-24(22-21-12)6-11-4-2-1-3-5-11/h1-5,8-9,14-17,25-26H,6-7,10H2,(H,32,33)(H,34,35)(H,20,27,28)(H2,29,30,31)/t14-,15?,16+,17+/m1/s1. The summed E-state index contributed by atoms with van der Waals surface area (Å²) in [6.45, 7) is -0.833. The van der Waals surface area contributed by atoms with E-state index in [1.807, 2.05) is 30.3 Å². The van der Waals surface area contributed by atoms with Gasteiger partial charge in [-0.05, 0) is 5.56 Å². The number of nitrogens with one attached hydrogen (secondary N) is 1. The maximum atomic E-state index is 12.5. The highest BCUT2D eigenvalue weighted by atomic mass is 31.3. The lowest BCUT2D eigenvalue weighted by atomic mass is 10.0. The molecular formula is C19H24N5O15P3. The smallest absolute Gasteiger partial charge is 0.387 e. The van der Waals surface area contributed by atoms with Crippen LogP contribution < -0.4 is 11.2 Å². The van der Waals surface area contributed by atoms with Crippen LogP contribution in [-0.2, 0) is 44.7 Å². The number of aromatic amines is 1. The first kappa shape index (κ1) is 32.2. The summed E-state index contributed by atoms with van der Waals surface area (Å²) in [5.74, 6) is 0. The summed E-state index contributed by atoms with van der Waals surface area (Å²) in [5, 5.41) is 28.8. The Morgan fingerprint density at radius 1 is 0.929 bits per heavy atom. The van der Waals surface area contributed by atoms with Gasteiger partial charge in [0.05, 0.1) is 31.5 Å². The number of nitrogens with zero attached hydrogens (tertiary/aromatic N) is 4. The number of aromatic nitrogens is 5. The summed E-state index contributed by atoms with van der Waals surface area (Å²) in [7, 11) is -17.0. The van der Waals surface area contributed by atoms with Crippen LogP contribution in [-0.4, -0.2) is 79.3 Å². The lowest BCUT2D eigenvalue weighted by Crippen LogP contribution is -2.36. The molecule has 20 nitrogen and oxygen atoms in total. The van der Waals surface area contributed by atoms with Gasteiger partial charge in [-0.2, -0.15) is 8.62 Å². The van der Waals surface area contributed by atoms with Crippen LogP contribution in [0.4, 0.5) is 0 Å². The second kappa shape index (κ2) is 12.5. The number of aliphatic hydroxyl groups is 2. The molecule has 7 N–H and O–H groups in total. The Kier molecular flexibility index (Phi) is 9.61. The van der Waals surface area contributed by atoms with Crippen molar-refractivity contribution in [1.29, 1.82) is 0 Å². The van der Waals surface area contributed by atoms with Gasteiger partial charge >= 0.3 is 29.2 Å². The number of benzene rings is 1. The van der Waals surface area contributed by atoms with Crippen molar-refractivity contribution in [1.82, 2.24) is 24.5 Å². The molecule has 42 heavy (non-hydrogen) atoms. The summed E-state index contributed by atoms with van der Waals surface area (Å²) in [6, 6.07) is 9.35. The lowest BCUT2D eigenvalue weighted by molar-refractivity contribution is -0.0228. The zero-order valence-electron chi connectivity index (χ0n) is 21.0. The minimum Gasteiger partial charge on any atom is -0.387 e. The molecule has 2 aromatic heterocycles. The van der Waals surface area contributed by atoms with Gasteiger partial charge in [-0.1, -0.05) is 35.5 Å². The van der Waals surface area contributed by atoms with Crippen LogP contribution in [0.25, 0.3) is 0 Å². The van der Waals surface area contributed by atoms with E-state index < -0.39 is 65.7 Å². The van der Waals surface area contributed by atoms with Crippen molar-refractivity contribution < 1.29 is 61.4 Å². The minimum atomic E-state index is -5.79. The van der Waals surface area contributed by atoms with Crippen LogP contribution in [0.1, 0.15) is 22.9 Å². The van der Waals surface area contributed by atoms with Crippen molar-refractivity contribution in [2.75, 3.05) is 6.61 Å². The number of rotatable bonds is 12. The van der Waals surface area contributed by atoms with Gasteiger partial charge in [0.1, 0.15) is 30.1 Å². The molecule has 3 heterocycles. The first-order valence-corrected chi connectivity index (χ1v) is 16.1. The average molecular weight is 655 g/mol. The van der Waals surface area contributed by atoms with Gasteiger partial charge in [-0.25, -0.2) is 23.2 Å². The SMILES string of the molecule is O=c1[nH]c(=O)n(Cc2cn(Cc3ccccc3)nn2)cc1[C@@H]1O[C@H](COP(=O)(O)OP(=O)(O)OP(=O)(O)O)C(O)[C@@H]1O. The van der Waals surface area contributed by atoms with E-state index in [-0.39, 0.29) is 12.1 Å². The summed E-state index contributed by atoms with van der Waals surface area (Å²) < 4.78 is 53.7. The molecular weight excluding hydrogens is 631 g/mol. The summed E-state index contributed by atoms with van der Waals surface area (Å²) in [5.41, 5.74) is -0.843. The van der Waals surface area contributed by atoms with Crippen molar-refractivity contribution >= 4 is 23.5 Å². The van der Waals surface area contributed by atoms with Crippen LogP contribution in [0.5, 0.6) is 0 Å². The third kappa shape index (κ3) is 8.46. The molecule has 0 bridgehead atoms. The number of hydrogen-bond acceptors (Lipinski definition) is 13. The molecule has 0 saturated carbocycles. The predicted molar refractivity (Wildman–Crippen MR) is 135 cm³/mol. The molecule has 0 amide bonds. The maximum absolute atomic E-state index is 12.5. The summed E-state index contributed by atoms with van der Waals surface area (Å²) in [4.78, 5) is 63.0. The molecule has 230 valence electrons. The van der Waals surface area contributed by atoms with Gasteiger partial charge in [0, 0.05) is 6.20 Å². The molecule has 1 aliphatic rings. The molecule has 1 saturated heterocycles. The molecule has 0 spiro atoms. The van der Waals surface area contributed by atoms with E-state index in [9.17, 15) is 43.3 Å². The van der Waals surface area contributed by atoms with Crippen LogP contribution >= 0.6 is 23.5 Å². The van der Waals surface area contributed by atoms with E-state index in [0.29, 0.717) is 12.2 Å². The van der Waals surface area contributed by atoms with Crippen molar-refractivity contribution in [3.63, 3.8) is 0 Å². The third-order valence-corrected chi connectivity index (χ3v) is 9.43. The summed E-state index contributed by atoms with van der Waals surface area (Å²) >= 11 is 0. The van der Waals surface area contributed by atoms with Gasteiger partial charge in [0.2, 0.25) is 0 Å². The molecule has 6 atom stereocenters. The Labute approximate surface area is 234 Å². The molecule has 1 aromatic carbocycles. The predicted octanol–water partition coefficient (Wildman–Crippen LogP) is -1.27. The zero-order chi connectivity index (χ0) is 30.9. The molecule has 23 heteroatoms. The molecule has 3 unspecified atom stereocenters. The van der Waals surface area contributed by atoms with Crippen LogP contribution in [0.3, 0.4) is 0 Å². The number of phosphoric ester groups is 1. The van der Waals surface area contributed by atoms with Crippen LogP contribution in [0.2, 0.25) is 0 Å². The number of phosphoric acid groups is 3. The Bertz CT molecular complexity index is 1670. The third-order valence-electron chi connectivity index (χ3n) is 5.63. The molecule has 0 radical (unpaired) electrons. The monoisotopic (exact) mass is 655 g/mol. The van der Waals surface area contributed by atoms with Crippen molar-refractivity contribution in [3.05, 3.63) is 80.4 Å². The quantitative estimate of drug-likeness (QED) is 0.112. The van der Waals surface area contributed by atoms with Gasteiger partial charge in [-0.3, -0.25) is 18.9 Å². The number of aliphatic hydroxyl groups excluding tert-OH is 2. The minimum absolute atomic E-state index is 0.155. The van der Waals surface area contributed by atoms with Crippen molar-refractivity contribution in [2.45, 2.75) is 37.5 Å². The fourth-order valence-electron chi connectivity index (χ4n) is 3.89. The second-order valence-electron chi connectivity index (χ2n) is 8.83. The Hall–Kier alpha value is -2.67. The molecule has 4 rings (SSSR count). The number of H-pyrrole nitrogens is 1. The largest absolute Gasteiger partial charge is 0.490 e. The van der Waals surface area contributed by atoms with E-state index in [0.717, 1.165) is 16.3 Å². The number of hydrogen-bond donors (Lipinski definition) is 7. The first-order chi connectivity index (χ1) is 19.5. The number of ether oxygens (including phenoxy) is 1. The van der Waals surface area contributed by atoms with E-state index in [1.54, 1.807) is 6.20 Å². The highest BCUT2D eigenvalue weighted by Gasteiger charge is 2.47. The van der Waals surface area contributed by atoms with Gasteiger partial charge in [0.25, 0.3) is 5.56 Å². The highest BCUT2D eigenvalue weighted by Crippen LogP contribution is 2.66. The van der Waals surface area contributed by atoms with Gasteiger partial charge < -0.3 is 34.5 Å². The average Bonchev–Trinajstić information content (AvgIpc) is 3.41. The van der Waals surface area contributed by atoms with Gasteiger partial charge in [0.15, 0.2) is 0 Å². The van der Waals surface area contributed by atoms with Crippen LogP contribution in [0.15, 0.2) is 52.3 Å². The zero-order valence-corrected chi connectivity index (χ0v) is 23.6. The Morgan fingerprint density at radius 2 is 1.62 bits per heavy atom. The second-order valence-corrected chi connectivity index (χ2v) is 13.2. The topological polar surface area (TPSA) is 295 Å². The van der Waals surface area contributed by atoms with Crippen LogP contribution in [0, 0.1) is 0 Å². The van der Waals surface area contributed by atoms with Crippen molar-refractivity contribution in [2.24, 2.45) is 0 Å². The highest BCUT2D eigenvalue weighted by molar-refractivity contribution is 7.66. The molecule has 3 aromatic rings. The fraction of sp³-hybridized carbons (Fsp3) is 0.368. The lowest BCUT2D eigenvalue weighted by Gasteiger charge is -2.19. The maximum Gasteiger partial charge on any atom is 0.490 e. The summed E-state index contributed by atoms with van der Waals surface area (Å²) in [6.07, 6.45) is -4.25. The fourth-order valence-corrected chi connectivity index (χ4v) is 6.92. The van der Waals surface area contributed by atoms with Gasteiger partial charge in [-0.15, -0.1) is 5.10 Å². The normalized spacial score (nSPS) is 23.9. The van der Waals surface area contributed by atoms with E-state index in [1.165, 1.54) is 4.68 Å². The molecule has 1 aliphatic heterocycles. The van der Waals surface area contributed by atoms with E-state index in [2.05, 4.69) is 28.4 Å². The van der Waals surface area contributed by atoms with Crippen molar-refractivity contribution in [3.8, 4) is 0 Å². The molecule has 0 aliphatic carbocycles.